The van der Waals surface area contributed by atoms with Gasteiger partial charge in [0.05, 0.1) is 11.9 Å². The molecule has 0 aliphatic rings. The number of carbonyl (C=O) groups is 1. The predicted molar refractivity (Wildman–Crippen MR) is 97.7 cm³/mol. The summed E-state index contributed by atoms with van der Waals surface area (Å²) in [5.41, 5.74) is 3.41. The Labute approximate surface area is 145 Å². The average molecular weight is 336 g/mol. The molecule has 3 rings (SSSR count). The Morgan fingerprint density at radius 3 is 2.68 bits per heavy atom. The molecule has 0 spiro atoms. The van der Waals surface area contributed by atoms with E-state index in [1.54, 1.807) is 30.1 Å². The molecule has 0 fully saturated rings. The van der Waals surface area contributed by atoms with Gasteiger partial charge in [0.15, 0.2) is 0 Å². The maximum Gasteiger partial charge on any atom is 0.277 e. The molecule has 2 aromatic carbocycles. The van der Waals surface area contributed by atoms with Crippen LogP contribution in [0, 0.1) is 13.8 Å². The summed E-state index contributed by atoms with van der Waals surface area (Å²) in [7, 11) is 1.75. The second-order valence-corrected chi connectivity index (χ2v) is 6.06. The normalized spacial score (nSPS) is 10.8. The van der Waals surface area contributed by atoms with Crippen LogP contribution in [0.15, 0.2) is 47.3 Å². The van der Waals surface area contributed by atoms with E-state index in [1.807, 2.05) is 38.1 Å². The van der Waals surface area contributed by atoms with Gasteiger partial charge in [0.2, 0.25) is 5.91 Å². The number of aromatic nitrogens is 3. The van der Waals surface area contributed by atoms with Crippen molar-refractivity contribution in [1.29, 1.82) is 0 Å². The van der Waals surface area contributed by atoms with E-state index in [9.17, 15) is 9.59 Å². The topological polar surface area (TPSA) is 68.1 Å². The summed E-state index contributed by atoms with van der Waals surface area (Å²) in [6, 6.07) is 12.9. The number of benzene rings is 2. The van der Waals surface area contributed by atoms with E-state index in [1.165, 1.54) is 4.68 Å². The van der Waals surface area contributed by atoms with Crippen LogP contribution in [0.1, 0.15) is 17.5 Å². The van der Waals surface area contributed by atoms with Crippen LogP contribution in [0.2, 0.25) is 0 Å². The van der Waals surface area contributed by atoms with Crippen LogP contribution in [0.25, 0.3) is 10.9 Å². The first kappa shape index (κ1) is 16.8. The molecule has 0 atom stereocenters. The molecule has 25 heavy (non-hydrogen) atoms. The number of hydrogen-bond acceptors (Lipinski definition) is 4. The summed E-state index contributed by atoms with van der Waals surface area (Å²) in [5, 5.41) is 8.47. The van der Waals surface area contributed by atoms with Crippen molar-refractivity contribution in [2.75, 3.05) is 11.9 Å². The lowest BCUT2D eigenvalue weighted by atomic mass is 10.1. The van der Waals surface area contributed by atoms with Crippen LogP contribution in [0.3, 0.4) is 0 Å². The Kier molecular flexibility index (Phi) is 4.61. The number of amides is 1. The molecule has 0 saturated carbocycles. The Balaban J connectivity index is 1.77. The van der Waals surface area contributed by atoms with E-state index < -0.39 is 0 Å². The largest absolute Gasteiger partial charge is 0.315 e. The van der Waals surface area contributed by atoms with Crippen molar-refractivity contribution in [3.8, 4) is 0 Å². The maximum atomic E-state index is 12.5. The fraction of sp³-hybridized carbons (Fsp3) is 0.263. The highest BCUT2D eigenvalue weighted by atomic mass is 16.2. The molecule has 1 amide bonds. The summed E-state index contributed by atoms with van der Waals surface area (Å²) in [6.45, 7) is 4.21. The fourth-order valence-corrected chi connectivity index (χ4v) is 2.77. The van der Waals surface area contributed by atoms with Crippen LogP contribution in [0.4, 0.5) is 5.69 Å². The molecule has 0 aliphatic carbocycles. The molecular formula is C19H20N4O2. The van der Waals surface area contributed by atoms with Crippen molar-refractivity contribution in [3.63, 3.8) is 0 Å². The number of aryl methyl sites for hydroxylation is 2. The Morgan fingerprint density at radius 2 is 1.88 bits per heavy atom. The van der Waals surface area contributed by atoms with E-state index in [0.717, 1.165) is 16.8 Å². The number of nitrogens with zero attached hydrogens (tertiary/aromatic N) is 4. The van der Waals surface area contributed by atoms with Gasteiger partial charge in [-0.2, -0.15) is 0 Å². The summed E-state index contributed by atoms with van der Waals surface area (Å²) in [5.74, 6) is -0.0736. The summed E-state index contributed by atoms with van der Waals surface area (Å²) in [6.07, 6.45) is 0.177. The van der Waals surface area contributed by atoms with Gasteiger partial charge in [0.1, 0.15) is 5.52 Å². The van der Waals surface area contributed by atoms with Gasteiger partial charge >= 0.3 is 0 Å². The molecular weight excluding hydrogens is 316 g/mol. The lowest BCUT2D eigenvalue weighted by Crippen LogP contribution is -2.31. The molecule has 0 unspecified atom stereocenters. The molecule has 1 heterocycles. The van der Waals surface area contributed by atoms with Gasteiger partial charge in [-0.15, -0.1) is 5.10 Å². The first-order valence-corrected chi connectivity index (χ1v) is 8.14. The van der Waals surface area contributed by atoms with Crippen LogP contribution < -0.4 is 10.5 Å². The number of hydrogen-bond donors (Lipinski definition) is 0. The van der Waals surface area contributed by atoms with E-state index in [2.05, 4.69) is 10.3 Å². The lowest BCUT2D eigenvalue weighted by molar-refractivity contribution is -0.118. The van der Waals surface area contributed by atoms with Crippen LogP contribution >= 0.6 is 0 Å². The molecule has 0 N–H and O–H groups in total. The third kappa shape index (κ3) is 3.28. The Hall–Kier alpha value is -3.02. The predicted octanol–water partition coefficient (Wildman–Crippen LogP) is 2.46. The zero-order chi connectivity index (χ0) is 18.0. The third-order valence-electron chi connectivity index (χ3n) is 4.48. The van der Waals surface area contributed by atoms with Crippen molar-refractivity contribution in [2.24, 2.45) is 0 Å². The summed E-state index contributed by atoms with van der Waals surface area (Å²) < 4.78 is 1.25. The second kappa shape index (κ2) is 6.84. The Morgan fingerprint density at radius 1 is 1.12 bits per heavy atom. The monoisotopic (exact) mass is 336 g/mol. The second-order valence-electron chi connectivity index (χ2n) is 6.06. The highest BCUT2D eigenvalue weighted by Crippen LogP contribution is 2.22. The minimum atomic E-state index is -0.229. The molecule has 6 nitrogen and oxygen atoms in total. The van der Waals surface area contributed by atoms with Crippen LogP contribution in [-0.2, 0) is 11.3 Å². The van der Waals surface area contributed by atoms with Crippen molar-refractivity contribution in [1.82, 2.24) is 15.0 Å². The van der Waals surface area contributed by atoms with Crippen molar-refractivity contribution >= 4 is 22.5 Å². The van der Waals surface area contributed by atoms with E-state index in [4.69, 9.17) is 0 Å². The smallest absolute Gasteiger partial charge is 0.277 e. The zero-order valence-electron chi connectivity index (χ0n) is 14.6. The summed E-state index contributed by atoms with van der Waals surface area (Å²) in [4.78, 5) is 26.6. The van der Waals surface area contributed by atoms with Gasteiger partial charge in [-0.25, -0.2) is 4.68 Å². The van der Waals surface area contributed by atoms with Gasteiger partial charge in [-0.05, 0) is 43.2 Å². The standard InChI is InChI=1S/C19H20N4O2/c1-13-7-6-10-17(14(13)2)22(3)18(24)11-12-23-19(25)15-8-4-5-9-16(15)20-21-23/h4-10H,11-12H2,1-3H3. The van der Waals surface area contributed by atoms with Crippen molar-refractivity contribution in [3.05, 3.63) is 63.9 Å². The SMILES string of the molecule is Cc1cccc(N(C)C(=O)CCn2nnc3ccccc3c2=O)c1C. The highest BCUT2D eigenvalue weighted by molar-refractivity contribution is 5.93. The molecule has 0 saturated heterocycles. The van der Waals surface area contributed by atoms with Crippen molar-refractivity contribution < 1.29 is 4.79 Å². The zero-order valence-corrected chi connectivity index (χ0v) is 14.6. The number of anilines is 1. The molecule has 1 aromatic heterocycles. The van der Waals surface area contributed by atoms with Crippen LogP contribution in [0.5, 0.6) is 0 Å². The van der Waals surface area contributed by atoms with Gasteiger partial charge in [0, 0.05) is 19.2 Å². The molecule has 0 aliphatic heterocycles. The van der Waals surface area contributed by atoms with Gasteiger partial charge in [-0.3, -0.25) is 9.59 Å². The molecule has 128 valence electrons. The van der Waals surface area contributed by atoms with E-state index >= 15 is 0 Å². The maximum absolute atomic E-state index is 12.5. The minimum absolute atomic E-state index is 0.0736. The molecule has 0 radical (unpaired) electrons. The van der Waals surface area contributed by atoms with Crippen molar-refractivity contribution in [2.45, 2.75) is 26.8 Å². The minimum Gasteiger partial charge on any atom is -0.315 e. The quantitative estimate of drug-likeness (QED) is 0.734. The fourth-order valence-electron chi connectivity index (χ4n) is 2.77. The number of fused-ring (bicyclic) bond motifs is 1. The number of carbonyl (C=O) groups excluding carboxylic acids is 1. The first-order chi connectivity index (χ1) is 12.0. The summed E-state index contributed by atoms with van der Waals surface area (Å²) >= 11 is 0. The lowest BCUT2D eigenvalue weighted by Gasteiger charge is -2.20. The van der Waals surface area contributed by atoms with E-state index in [-0.39, 0.29) is 24.4 Å². The van der Waals surface area contributed by atoms with E-state index in [0.29, 0.717) is 10.9 Å². The highest BCUT2D eigenvalue weighted by Gasteiger charge is 2.15. The third-order valence-corrected chi connectivity index (χ3v) is 4.48. The van der Waals surface area contributed by atoms with Gasteiger partial charge in [0.25, 0.3) is 5.56 Å². The van der Waals surface area contributed by atoms with Gasteiger partial charge < -0.3 is 4.90 Å². The molecule has 3 aromatic rings. The average Bonchev–Trinajstić information content (AvgIpc) is 2.63. The first-order valence-electron chi connectivity index (χ1n) is 8.14. The molecule has 0 bridgehead atoms. The van der Waals surface area contributed by atoms with Gasteiger partial charge in [-0.1, -0.05) is 29.5 Å². The molecule has 6 heteroatoms. The van der Waals surface area contributed by atoms with Crippen LogP contribution in [-0.4, -0.2) is 27.9 Å². The Bertz CT molecular complexity index is 994. The number of rotatable bonds is 4.